The third-order valence-electron chi connectivity index (χ3n) is 2.72. The van der Waals surface area contributed by atoms with E-state index in [-0.39, 0.29) is 18.1 Å². The first-order valence-electron chi connectivity index (χ1n) is 5.65. The van der Waals surface area contributed by atoms with Crippen molar-refractivity contribution in [2.75, 3.05) is 19.6 Å². The van der Waals surface area contributed by atoms with Crippen LogP contribution in [0.4, 0.5) is 13.2 Å². The number of aromatic nitrogens is 1. The molecule has 1 fully saturated rings. The molecule has 1 aromatic rings. The Morgan fingerprint density at radius 2 is 2.16 bits per heavy atom. The number of hydrogen-bond donors (Lipinski definition) is 1. The van der Waals surface area contributed by atoms with Crippen molar-refractivity contribution in [3.63, 3.8) is 0 Å². The molecule has 1 aromatic heterocycles. The molecule has 0 atom stereocenters. The van der Waals surface area contributed by atoms with Gasteiger partial charge in [-0.05, 0) is 12.1 Å². The van der Waals surface area contributed by atoms with E-state index in [0.717, 1.165) is 4.57 Å². The summed E-state index contributed by atoms with van der Waals surface area (Å²) in [5.74, 6) is -0.877. The Kier molecular flexibility index (Phi) is 3.50. The minimum Gasteiger partial charge on any atom is -0.353 e. The fraction of sp³-hybridized carbons (Fsp3) is 0.455. The Morgan fingerprint density at radius 3 is 2.79 bits per heavy atom. The van der Waals surface area contributed by atoms with Crippen LogP contribution in [0.1, 0.15) is 10.5 Å². The number of rotatable bonds is 2. The Morgan fingerprint density at radius 1 is 1.42 bits per heavy atom. The summed E-state index contributed by atoms with van der Waals surface area (Å²) in [6, 6.07) is 2.70. The van der Waals surface area contributed by atoms with E-state index in [0.29, 0.717) is 13.1 Å². The second kappa shape index (κ2) is 4.94. The third kappa shape index (κ3) is 3.27. The van der Waals surface area contributed by atoms with Gasteiger partial charge in [0.1, 0.15) is 12.2 Å². The first-order valence-corrected chi connectivity index (χ1v) is 5.65. The molecular weight excluding hydrogens is 263 g/mol. The predicted octanol–water partition coefficient (Wildman–Crippen LogP) is 0.622. The predicted molar refractivity (Wildman–Crippen MR) is 59.4 cm³/mol. The summed E-state index contributed by atoms with van der Waals surface area (Å²) in [7, 11) is 0. The number of nitrogens with zero attached hydrogens (tertiary/aromatic N) is 2. The molecule has 1 saturated heterocycles. The number of halogens is 3. The molecule has 0 aromatic carbocycles. The standard InChI is InChI=1S/C11H12F3N3O2/c12-11(13,14)7-17-4-1-2-8(17)10(19)16-5-3-15-9(18)6-16/h1-2,4H,3,5-7H2,(H,15,18). The van der Waals surface area contributed by atoms with Crippen molar-refractivity contribution >= 4 is 11.8 Å². The van der Waals surface area contributed by atoms with Crippen molar-refractivity contribution in [2.24, 2.45) is 0 Å². The van der Waals surface area contributed by atoms with E-state index < -0.39 is 18.6 Å². The van der Waals surface area contributed by atoms with Crippen LogP contribution in [0, 0.1) is 0 Å². The molecule has 1 N–H and O–H groups in total. The highest BCUT2D eigenvalue weighted by atomic mass is 19.4. The van der Waals surface area contributed by atoms with Gasteiger partial charge in [0.15, 0.2) is 0 Å². The summed E-state index contributed by atoms with van der Waals surface area (Å²) >= 11 is 0. The van der Waals surface area contributed by atoms with Crippen molar-refractivity contribution in [3.8, 4) is 0 Å². The van der Waals surface area contributed by atoms with Crippen LogP contribution in [-0.4, -0.2) is 47.1 Å². The first-order chi connectivity index (χ1) is 8.87. The Balaban J connectivity index is 2.15. The lowest BCUT2D eigenvalue weighted by molar-refractivity contribution is -0.140. The minimum absolute atomic E-state index is 0.0629. The number of alkyl halides is 3. The molecule has 5 nitrogen and oxygen atoms in total. The van der Waals surface area contributed by atoms with Gasteiger partial charge < -0.3 is 14.8 Å². The highest BCUT2D eigenvalue weighted by Gasteiger charge is 2.31. The molecule has 104 valence electrons. The van der Waals surface area contributed by atoms with Crippen molar-refractivity contribution in [1.29, 1.82) is 0 Å². The van der Waals surface area contributed by atoms with Gasteiger partial charge in [-0.1, -0.05) is 0 Å². The van der Waals surface area contributed by atoms with E-state index in [4.69, 9.17) is 0 Å². The third-order valence-corrected chi connectivity index (χ3v) is 2.72. The van der Waals surface area contributed by atoms with Gasteiger partial charge in [-0.2, -0.15) is 13.2 Å². The molecule has 1 aliphatic heterocycles. The summed E-state index contributed by atoms with van der Waals surface area (Å²) in [4.78, 5) is 24.5. The van der Waals surface area contributed by atoms with Gasteiger partial charge in [-0.25, -0.2) is 0 Å². The topological polar surface area (TPSA) is 54.3 Å². The molecule has 0 radical (unpaired) electrons. The average molecular weight is 275 g/mol. The van der Waals surface area contributed by atoms with E-state index >= 15 is 0 Å². The molecule has 2 amide bonds. The summed E-state index contributed by atoms with van der Waals surface area (Å²) in [5, 5.41) is 2.55. The number of nitrogens with one attached hydrogen (secondary N) is 1. The number of carbonyl (C=O) groups excluding carboxylic acids is 2. The van der Waals surface area contributed by atoms with Crippen molar-refractivity contribution < 1.29 is 22.8 Å². The lowest BCUT2D eigenvalue weighted by Crippen LogP contribution is -2.50. The molecule has 2 rings (SSSR count). The van der Waals surface area contributed by atoms with Crippen LogP contribution in [0.3, 0.4) is 0 Å². The molecule has 0 spiro atoms. The smallest absolute Gasteiger partial charge is 0.353 e. The van der Waals surface area contributed by atoms with Crippen LogP contribution >= 0.6 is 0 Å². The maximum absolute atomic E-state index is 12.4. The summed E-state index contributed by atoms with van der Waals surface area (Å²) in [6.45, 7) is -0.747. The van der Waals surface area contributed by atoms with Crippen LogP contribution in [0.2, 0.25) is 0 Å². The molecule has 2 heterocycles. The maximum atomic E-state index is 12.4. The molecule has 0 bridgehead atoms. The minimum atomic E-state index is -4.40. The molecule has 0 saturated carbocycles. The SMILES string of the molecule is O=C1CN(C(=O)c2cccn2CC(F)(F)F)CCN1. The van der Waals surface area contributed by atoms with E-state index in [1.165, 1.54) is 23.2 Å². The van der Waals surface area contributed by atoms with Crippen molar-refractivity contribution in [2.45, 2.75) is 12.7 Å². The highest BCUT2D eigenvalue weighted by molar-refractivity contribution is 5.95. The number of carbonyl (C=O) groups is 2. The van der Waals surface area contributed by atoms with Crippen molar-refractivity contribution in [1.82, 2.24) is 14.8 Å². The zero-order chi connectivity index (χ0) is 14.0. The Bertz CT molecular complexity index is 496. The first kappa shape index (κ1) is 13.4. The van der Waals surface area contributed by atoms with Crippen LogP contribution in [-0.2, 0) is 11.3 Å². The number of piperazine rings is 1. The lowest BCUT2D eigenvalue weighted by atomic mass is 10.3. The quantitative estimate of drug-likeness (QED) is 0.860. The lowest BCUT2D eigenvalue weighted by Gasteiger charge is -2.27. The van der Waals surface area contributed by atoms with Crippen LogP contribution in [0.5, 0.6) is 0 Å². The van der Waals surface area contributed by atoms with Gasteiger partial charge in [0.25, 0.3) is 5.91 Å². The molecule has 0 aliphatic carbocycles. The van der Waals surface area contributed by atoms with Gasteiger partial charge in [-0.3, -0.25) is 9.59 Å². The molecular formula is C11H12F3N3O2. The molecule has 1 aliphatic rings. The van der Waals surface area contributed by atoms with Gasteiger partial charge in [-0.15, -0.1) is 0 Å². The summed E-state index contributed by atoms with van der Waals surface area (Å²) < 4.78 is 37.9. The second-order valence-electron chi connectivity index (χ2n) is 4.21. The zero-order valence-corrected chi connectivity index (χ0v) is 9.91. The zero-order valence-electron chi connectivity index (χ0n) is 9.91. The van der Waals surface area contributed by atoms with Crippen LogP contribution in [0.15, 0.2) is 18.3 Å². The largest absolute Gasteiger partial charge is 0.406 e. The fourth-order valence-corrected chi connectivity index (χ4v) is 1.91. The molecule has 8 heteroatoms. The summed E-state index contributed by atoms with van der Waals surface area (Å²) in [6.07, 6.45) is -3.20. The van der Waals surface area contributed by atoms with Gasteiger partial charge >= 0.3 is 6.18 Å². The normalized spacial score (nSPS) is 16.4. The fourth-order valence-electron chi connectivity index (χ4n) is 1.91. The number of amides is 2. The van der Waals surface area contributed by atoms with E-state index in [1.54, 1.807) is 0 Å². The van der Waals surface area contributed by atoms with Crippen LogP contribution in [0.25, 0.3) is 0 Å². The Labute approximate surface area is 107 Å². The van der Waals surface area contributed by atoms with Gasteiger partial charge in [0.05, 0.1) is 6.54 Å². The molecule has 0 unspecified atom stereocenters. The average Bonchev–Trinajstić information content (AvgIpc) is 2.73. The van der Waals surface area contributed by atoms with Gasteiger partial charge in [0.2, 0.25) is 5.91 Å². The van der Waals surface area contributed by atoms with Crippen molar-refractivity contribution in [3.05, 3.63) is 24.0 Å². The van der Waals surface area contributed by atoms with Gasteiger partial charge in [0, 0.05) is 19.3 Å². The monoisotopic (exact) mass is 275 g/mol. The van der Waals surface area contributed by atoms with E-state index in [1.807, 2.05) is 0 Å². The highest BCUT2D eigenvalue weighted by Crippen LogP contribution is 2.19. The number of hydrogen-bond acceptors (Lipinski definition) is 2. The maximum Gasteiger partial charge on any atom is 0.406 e. The Hall–Kier alpha value is -1.99. The second-order valence-corrected chi connectivity index (χ2v) is 4.21. The van der Waals surface area contributed by atoms with E-state index in [9.17, 15) is 22.8 Å². The molecule has 19 heavy (non-hydrogen) atoms. The van der Waals surface area contributed by atoms with Crippen LogP contribution < -0.4 is 5.32 Å². The van der Waals surface area contributed by atoms with E-state index in [2.05, 4.69) is 5.32 Å². The summed E-state index contributed by atoms with van der Waals surface area (Å²) in [5.41, 5.74) is -0.0629.